The van der Waals surface area contributed by atoms with Crippen LogP contribution in [0.5, 0.6) is 5.75 Å². The number of carbonyl (C=O) groups is 2. The zero-order valence-corrected chi connectivity index (χ0v) is 7.73. The van der Waals surface area contributed by atoms with E-state index in [1.807, 2.05) is 0 Å². The van der Waals surface area contributed by atoms with Crippen LogP contribution in [0.4, 0.5) is 5.69 Å². The third kappa shape index (κ3) is 2.57. The van der Waals surface area contributed by atoms with E-state index in [0.29, 0.717) is 0 Å². The molecule has 0 aliphatic carbocycles. The van der Waals surface area contributed by atoms with Crippen LogP contribution >= 0.6 is 0 Å². The minimum absolute atomic E-state index is 0.267. The molecule has 1 rings (SSSR count). The average Bonchev–Trinajstić information content (AvgIpc) is 2.20. The van der Waals surface area contributed by atoms with Crippen LogP contribution in [0.3, 0.4) is 0 Å². The van der Waals surface area contributed by atoms with Gasteiger partial charge in [0.05, 0.1) is 0 Å². The molecule has 0 unspecified atom stereocenters. The molecule has 5 heteroatoms. The lowest BCUT2D eigenvalue weighted by Gasteiger charge is -2.04. The predicted molar refractivity (Wildman–Crippen MR) is 53.9 cm³/mol. The van der Waals surface area contributed by atoms with Crippen LogP contribution in [0.1, 0.15) is 10.4 Å². The fourth-order valence-electron chi connectivity index (χ4n) is 0.978. The van der Waals surface area contributed by atoms with E-state index in [4.69, 9.17) is 5.11 Å². The SMILES string of the molecule is C=CC(=O)Nc1ccc(O)c(C(=O)O)c1. The van der Waals surface area contributed by atoms with Gasteiger partial charge < -0.3 is 15.5 Å². The minimum atomic E-state index is -1.26. The molecule has 0 atom stereocenters. The molecule has 1 aromatic carbocycles. The van der Waals surface area contributed by atoms with E-state index >= 15 is 0 Å². The van der Waals surface area contributed by atoms with Crippen molar-refractivity contribution in [2.45, 2.75) is 0 Å². The third-order valence-electron chi connectivity index (χ3n) is 1.68. The van der Waals surface area contributed by atoms with E-state index in [2.05, 4.69) is 11.9 Å². The summed E-state index contributed by atoms with van der Waals surface area (Å²) in [4.78, 5) is 21.5. The number of hydrogen-bond donors (Lipinski definition) is 3. The lowest BCUT2D eigenvalue weighted by atomic mass is 10.2. The van der Waals surface area contributed by atoms with Crippen molar-refractivity contribution in [1.29, 1.82) is 0 Å². The van der Waals surface area contributed by atoms with Crippen LogP contribution in [0.15, 0.2) is 30.9 Å². The summed E-state index contributed by atoms with van der Waals surface area (Å²) in [6.07, 6.45) is 1.06. The largest absolute Gasteiger partial charge is 0.507 e. The number of aromatic hydroxyl groups is 1. The lowest BCUT2D eigenvalue weighted by Crippen LogP contribution is -2.08. The summed E-state index contributed by atoms with van der Waals surface area (Å²) in [5, 5.41) is 20.3. The molecule has 0 saturated carbocycles. The second-order valence-corrected chi connectivity index (χ2v) is 2.73. The summed E-state index contributed by atoms with van der Waals surface area (Å²) in [5.74, 6) is -2.06. The summed E-state index contributed by atoms with van der Waals surface area (Å²) in [6.45, 7) is 3.25. The maximum Gasteiger partial charge on any atom is 0.339 e. The molecular formula is C10H9NO4. The second kappa shape index (κ2) is 4.28. The highest BCUT2D eigenvalue weighted by Gasteiger charge is 2.10. The van der Waals surface area contributed by atoms with Gasteiger partial charge in [-0.3, -0.25) is 4.79 Å². The third-order valence-corrected chi connectivity index (χ3v) is 1.68. The number of aromatic carboxylic acids is 1. The lowest BCUT2D eigenvalue weighted by molar-refractivity contribution is -0.111. The van der Waals surface area contributed by atoms with E-state index in [9.17, 15) is 14.7 Å². The molecule has 1 amide bonds. The van der Waals surface area contributed by atoms with Gasteiger partial charge >= 0.3 is 5.97 Å². The first-order chi connectivity index (χ1) is 7.04. The first kappa shape index (κ1) is 10.8. The monoisotopic (exact) mass is 207 g/mol. The Kier molecular flexibility index (Phi) is 3.07. The Balaban J connectivity index is 3.02. The number of benzene rings is 1. The van der Waals surface area contributed by atoms with Crippen molar-refractivity contribution in [3.8, 4) is 5.75 Å². The quantitative estimate of drug-likeness (QED) is 0.513. The molecule has 0 aliphatic heterocycles. The topological polar surface area (TPSA) is 86.6 Å². The fourth-order valence-corrected chi connectivity index (χ4v) is 0.978. The number of rotatable bonds is 3. The van der Waals surface area contributed by atoms with E-state index in [1.54, 1.807) is 0 Å². The minimum Gasteiger partial charge on any atom is -0.507 e. The highest BCUT2D eigenvalue weighted by molar-refractivity contribution is 6.00. The van der Waals surface area contributed by atoms with Crippen molar-refractivity contribution < 1.29 is 19.8 Å². The molecule has 0 radical (unpaired) electrons. The summed E-state index contributed by atoms with van der Waals surface area (Å²) < 4.78 is 0. The van der Waals surface area contributed by atoms with E-state index in [-0.39, 0.29) is 17.0 Å². The van der Waals surface area contributed by atoms with Crippen molar-refractivity contribution in [2.24, 2.45) is 0 Å². The van der Waals surface area contributed by atoms with Crippen molar-refractivity contribution >= 4 is 17.6 Å². The van der Waals surface area contributed by atoms with Gasteiger partial charge in [-0.05, 0) is 24.3 Å². The highest BCUT2D eigenvalue weighted by atomic mass is 16.4. The number of hydrogen-bond acceptors (Lipinski definition) is 3. The van der Waals surface area contributed by atoms with Gasteiger partial charge in [-0.25, -0.2) is 4.79 Å². The van der Waals surface area contributed by atoms with Gasteiger partial charge in [0, 0.05) is 5.69 Å². The number of anilines is 1. The molecule has 0 aromatic heterocycles. The van der Waals surface area contributed by atoms with Crippen LogP contribution in [0.25, 0.3) is 0 Å². The van der Waals surface area contributed by atoms with Crippen LogP contribution in [-0.2, 0) is 4.79 Å². The number of amides is 1. The van der Waals surface area contributed by atoms with Gasteiger partial charge in [0.25, 0.3) is 0 Å². The molecule has 1 aromatic rings. The molecule has 0 aliphatic rings. The van der Waals surface area contributed by atoms with Crippen molar-refractivity contribution in [2.75, 3.05) is 5.32 Å². The number of phenols is 1. The van der Waals surface area contributed by atoms with Gasteiger partial charge in [0.15, 0.2) is 0 Å². The molecule has 78 valence electrons. The molecule has 0 heterocycles. The van der Waals surface area contributed by atoms with E-state index in [0.717, 1.165) is 6.08 Å². The summed E-state index contributed by atoms with van der Waals surface area (Å²) >= 11 is 0. The Hall–Kier alpha value is -2.30. The smallest absolute Gasteiger partial charge is 0.339 e. The van der Waals surface area contributed by atoms with E-state index in [1.165, 1.54) is 18.2 Å². The zero-order chi connectivity index (χ0) is 11.4. The number of carboxylic acid groups (broad SMARTS) is 1. The molecule has 0 spiro atoms. The molecule has 5 nitrogen and oxygen atoms in total. The molecule has 15 heavy (non-hydrogen) atoms. The Bertz CT molecular complexity index is 425. The number of nitrogens with one attached hydrogen (secondary N) is 1. The molecule has 0 fully saturated rings. The molecule has 0 bridgehead atoms. The van der Waals surface area contributed by atoms with Crippen molar-refractivity contribution in [1.82, 2.24) is 0 Å². The number of carboxylic acids is 1. The van der Waals surface area contributed by atoms with Gasteiger partial charge in [-0.1, -0.05) is 6.58 Å². The fraction of sp³-hybridized carbons (Fsp3) is 0. The van der Waals surface area contributed by atoms with Gasteiger partial charge in [-0.15, -0.1) is 0 Å². The first-order valence-electron chi connectivity index (χ1n) is 4.04. The van der Waals surface area contributed by atoms with E-state index < -0.39 is 11.9 Å². The molecule has 0 saturated heterocycles. The maximum absolute atomic E-state index is 10.9. The van der Waals surface area contributed by atoms with Crippen molar-refractivity contribution in [3.05, 3.63) is 36.4 Å². The van der Waals surface area contributed by atoms with Gasteiger partial charge in [0.1, 0.15) is 11.3 Å². The zero-order valence-electron chi connectivity index (χ0n) is 7.73. The predicted octanol–water partition coefficient (Wildman–Crippen LogP) is 1.21. The first-order valence-corrected chi connectivity index (χ1v) is 4.04. The standard InChI is InChI=1S/C10H9NO4/c1-2-9(13)11-6-3-4-8(12)7(5-6)10(14)15/h2-5,12H,1H2,(H,11,13)(H,14,15). The van der Waals surface area contributed by atoms with Gasteiger partial charge in [0.2, 0.25) is 5.91 Å². The van der Waals surface area contributed by atoms with Crippen LogP contribution in [0.2, 0.25) is 0 Å². The Morgan fingerprint density at radius 2 is 2.07 bits per heavy atom. The van der Waals surface area contributed by atoms with Crippen LogP contribution in [-0.4, -0.2) is 22.1 Å². The Morgan fingerprint density at radius 1 is 1.40 bits per heavy atom. The summed E-state index contributed by atoms with van der Waals surface area (Å²) in [7, 11) is 0. The summed E-state index contributed by atoms with van der Waals surface area (Å²) in [5.41, 5.74) is 0.0203. The highest BCUT2D eigenvalue weighted by Crippen LogP contribution is 2.21. The average molecular weight is 207 g/mol. The molecule has 3 N–H and O–H groups in total. The summed E-state index contributed by atoms with van der Waals surface area (Å²) in [6, 6.07) is 3.75. The van der Waals surface area contributed by atoms with Gasteiger partial charge in [-0.2, -0.15) is 0 Å². The number of carbonyl (C=O) groups excluding carboxylic acids is 1. The Labute approximate surface area is 85.7 Å². The van der Waals surface area contributed by atoms with Crippen molar-refractivity contribution in [3.63, 3.8) is 0 Å². The van der Waals surface area contributed by atoms with Crippen LogP contribution < -0.4 is 5.32 Å². The second-order valence-electron chi connectivity index (χ2n) is 2.73. The normalized spacial score (nSPS) is 9.33. The van der Waals surface area contributed by atoms with Crippen LogP contribution in [0, 0.1) is 0 Å². The maximum atomic E-state index is 10.9. The Morgan fingerprint density at radius 3 is 2.60 bits per heavy atom. The molecular weight excluding hydrogens is 198 g/mol.